The van der Waals surface area contributed by atoms with Gasteiger partial charge in [-0.15, -0.1) is 0 Å². The lowest BCUT2D eigenvalue weighted by Crippen LogP contribution is -2.38. The summed E-state index contributed by atoms with van der Waals surface area (Å²) in [6.07, 6.45) is 0.224. The van der Waals surface area contributed by atoms with Gasteiger partial charge in [-0.2, -0.15) is 0 Å². The Labute approximate surface area is 174 Å². The molecule has 0 heterocycles. The van der Waals surface area contributed by atoms with Crippen molar-refractivity contribution in [2.75, 3.05) is 13.6 Å². The molecule has 0 saturated carbocycles. The zero-order valence-electron chi connectivity index (χ0n) is 15.4. The number of carbonyl (C=O) groups excluding carboxylic acids is 2. The molecule has 0 atom stereocenters. The second-order valence-corrected chi connectivity index (χ2v) is 7.42. The molecule has 3 rings (SSSR count). The van der Waals surface area contributed by atoms with Crippen molar-refractivity contribution in [3.63, 3.8) is 0 Å². The van der Waals surface area contributed by atoms with E-state index in [0.29, 0.717) is 16.6 Å². The molecule has 144 valence electrons. The summed E-state index contributed by atoms with van der Waals surface area (Å²) in [6.45, 7) is 0.277. The number of halogens is 2. The molecule has 4 nitrogen and oxygen atoms in total. The van der Waals surface area contributed by atoms with Crippen LogP contribution in [0.15, 0.2) is 60.7 Å². The van der Waals surface area contributed by atoms with Crippen LogP contribution in [0.3, 0.4) is 0 Å². The average Bonchev–Trinajstić information content (AvgIpc) is 2.68. The Bertz CT molecular complexity index is 1020. The van der Waals surface area contributed by atoms with Gasteiger partial charge in [0.2, 0.25) is 11.8 Å². The molecule has 0 fully saturated rings. The monoisotopic (exact) mass is 414 g/mol. The van der Waals surface area contributed by atoms with E-state index in [0.717, 1.165) is 21.9 Å². The van der Waals surface area contributed by atoms with E-state index in [4.69, 9.17) is 23.2 Å². The number of fused-ring (bicyclic) bond motifs is 1. The Hall–Kier alpha value is -2.56. The van der Waals surface area contributed by atoms with Crippen molar-refractivity contribution < 1.29 is 9.59 Å². The Morgan fingerprint density at radius 2 is 1.71 bits per heavy atom. The van der Waals surface area contributed by atoms with Crippen molar-refractivity contribution >= 4 is 45.8 Å². The van der Waals surface area contributed by atoms with Crippen LogP contribution < -0.4 is 5.32 Å². The number of nitrogens with zero attached hydrogens (tertiary/aromatic N) is 1. The average molecular weight is 415 g/mol. The molecular weight excluding hydrogens is 395 g/mol. The summed E-state index contributed by atoms with van der Waals surface area (Å²) in [5, 5.41) is 5.88. The number of carbonyl (C=O) groups is 2. The van der Waals surface area contributed by atoms with Gasteiger partial charge in [-0.05, 0) is 34.0 Å². The van der Waals surface area contributed by atoms with E-state index in [1.807, 2.05) is 42.5 Å². The Morgan fingerprint density at radius 1 is 0.964 bits per heavy atom. The van der Waals surface area contributed by atoms with E-state index in [1.54, 1.807) is 25.2 Å². The molecule has 0 aliphatic heterocycles. The predicted molar refractivity (Wildman–Crippen MR) is 114 cm³/mol. The molecule has 28 heavy (non-hydrogen) atoms. The maximum absolute atomic E-state index is 12.3. The Morgan fingerprint density at radius 3 is 2.50 bits per heavy atom. The number of likely N-dealkylation sites (N-methyl/N-ethyl adjacent to an activating group) is 1. The fourth-order valence-electron chi connectivity index (χ4n) is 2.98. The van der Waals surface area contributed by atoms with Gasteiger partial charge >= 0.3 is 0 Å². The molecule has 0 spiro atoms. The van der Waals surface area contributed by atoms with Gasteiger partial charge in [0.1, 0.15) is 0 Å². The van der Waals surface area contributed by atoms with Crippen LogP contribution in [-0.2, 0) is 22.6 Å². The van der Waals surface area contributed by atoms with E-state index in [2.05, 4.69) is 5.32 Å². The first kappa shape index (κ1) is 20.2. The molecule has 3 aromatic rings. The molecule has 0 aliphatic rings. The topological polar surface area (TPSA) is 49.4 Å². The molecule has 1 N–H and O–H groups in total. The molecule has 3 aromatic carbocycles. The molecule has 0 aliphatic carbocycles. The molecule has 0 bridgehead atoms. The van der Waals surface area contributed by atoms with Crippen LogP contribution >= 0.6 is 23.2 Å². The molecule has 0 radical (unpaired) electrons. The highest BCUT2D eigenvalue weighted by Crippen LogP contribution is 2.22. The molecular formula is C22H20Cl2N2O2. The zero-order chi connectivity index (χ0) is 20.1. The van der Waals surface area contributed by atoms with Crippen LogP contribution in [0.1, 0.15) is 11.1 Å². The van der Waals surface area contributed by atoms with E-state index in [9.17, 15) is 9.59 Å². The second kappa shape index (κ2) is 9.09. The minimum atomic E-state index is -0.197. The smallest absolute Gasteiger partial charge is 0.242 e. The summed E-state index contributed by atoms with van der Waals surface area (Å²) in [5.41, 5.74) is 1.73. The number of nitrogens with one attached hydrogen (secondary N) is 1. The largest absolute Gasteiger partial charge is 0.347 e. The van der Waals surface area contributed by atoms with Crippen molar-refractivity contribution in [2.45, 2.75) is 13.0 Å². The minimum absolute atomic E-state index is 0.0642. The first-order valence-corrected chi connectivity index (χ1v) is 9.61. The fourth-order valence-corrected chi connectivity index (χ4v) is 3.45. The molecule has 0 saturated heterocycles. The van der Waals surface area contributed by atoms with Crippen LogP contribution in [0.2, 0.25) is 10.0 Å². The highest BCUT2D eigenvalue weighted by molar-refractivity contribution is 6.35. The Kier molecular flexibility index (Phi) is 6.55. The van der Waals surface area contributed by atoms with Crippen molar-refractivity contribution in [2.24, 2.45) is 0 Å². The van der Waals surface area contributed by atoms with E-state index in [1.165, 1.54) is 4.90 Å². The lowest BCUT2D eigenvalue weighted by Gasteiger charge is -2.18. The van der Waals surface area contributed by atoms with Gasteiger partial charge in [0.15, 0.2) is 0 Å². The third kappa shape index (κ3) is 5.03. The number of hydrogen-bond acceptors (Lipinski definition) is 2. The van der Waals surface area contributed by atoms with Gasteiger partial charge in [0, 0.05) is 23.6 Å². The SMILES string of the molecule is CN(Cc1ccc(Cl)cc1Cl)C(=O)CNC(=O)Cc1cccc2ccccc12. The fraction of sp³-hybridized carbons (Fsp3) is 0.182. The zero-order valence-corrected chi connectivity index (χ0v) is 16.9. The molecule has 0 unspecified atom stereocenters. The first-order valence-electron chi connectivity index (χ1n) is 8.85. The predicted octanol–water partition coefficient (Wildman–Crippen LogP) is 4.46. The van der Waals surface area contributed by atoms with Crippen LogP contribution in [-0.4, -0.2) is 30.3 Å². The van der Waals surface area contributed by atoms with Gasteiger partial charge in [0.25, 0.3) is 0 Å². The maximum atomic E-state index is 12.3. The summed E-state index contributed by atoms with van der Waals surface area (Å²) in [6, 6.07) is 18.9. The van der Waals surface area contributed by atoms with Crippen molar-refractivity contribution in [1.29, 1.82) is 0 Å². The number of rotatable bonds is 6. The lowest BCUT2D eigenvalue weighted by molar-refractivity contribution is -0.132. The van der Waals surface area contributed by atoms with Crippen molar-refractivity contribution in [3.05, 3.63) is 81.8 Å². The number of amides is 2. The Balaban J connectivity index is 1.55. The maximum Gasteiger partial charge on any atom is 0.242 e. The van der Waals surface area contributed by atoms with Crippen LogP contribution in [0.25, 0.3) is 10.8 Å². The van der Waals surface area contributed by atoms with Gasteiger partial charge in [-0.3, -0.25) is 9.59 Å². The molecule has 2 amide bonds. The number of benzene rings is 3. The van der Waals surface area contributed by atoms with E-state index < -0.39 is 0 Å². The third-order valence-corrected chi connectivity index (χ3v) is 5.10. The van der Waals surface area contributed by atoms with Crippen LogP contribution in [0.4, 0.5) is 0 Å². The van der Waals surface area contributed by atoms with Crippen LogP contribution in [0.5, 0.6) is 0 Å². The number of hydrogen-bond donors (Lipinski definition) is 1. The summed E-state index contributed by atoms with van der Waals surface area (Å²) in [7, 11) is 1.67. The first-order chi connectivity index (χ1) is 13.4. The summed E-state index contributed by atoms with van der Waals surface area (Å²) >= 11 is 12.0. The van der Waals surface area contributed by atoms with Gasteiger partial charge in [-0.25, -0.2) is 0 Å². The molecule has 6 heteroatoms. The van der Waals surface area contributed by atoms with Gasteiger partial charge < -0.3 is 10.2 Å². The van der Waals surface area contributed by atoms with Gasteiger partial charge in [0.05, 0.1) is 13.0 Å². The minimum Gasteiger partial charge on any atom is -0.347 e. The summed E-state index contributed by atoms with van der Waals surface area (Å²) in [4.78, 5) is 26.2. The summed E-state index contributed by atoms with van der Waals surface area (Å²) in [5.74, 6) is -0.389. The van der Waals surface area contributed by atoms with Crippen molar-refractivity contribution in [1.82, 2.24) is 10.2 Å². The van der Waals surface area contributed by atoms with Gasteiger partial charge in [-0.1, -0.05) is 71.7 Å². The van der Waals surface area contributed by atoms with E-state index in [-0.39, 0.29) is 24.8 Å². The highest BCUT2D eigenvalue weighted by atomic mass is 35.5. The second-order valence-electron chi connectivity index (χ2n) is 6.58. The third-order valence-electron chi connectivity index (χ3n) is 4.52. The highest BCUT2D eigenvalue weighted by Gasteiger charge is 2.13. The normalized spacial score (nSPS) is 10.7. The quantitative estimate of drug-likeness (QED) is 0.646. The standard InChI is InChI=1S/C22H20Cl2N2O2/c1-26(14-17-9-10-18(23)12-20(17)24)22(28)13-25-21(27)11-16-7-4-6-15-5-2-3-8-19(15)16/h2-10,12H,11,13-14H2,1H3,(H,25,27). The summed E-state index contributed by atoms with van der Waals surface area (Å²) < 4.78 is 0. The van der Waals surface area contributed by atoms with E-state index >= 15 is 0 Å². The lowest BCUT2D eigenvalue weighted by atomic mass is 10.0. The molecule has 0 aromatic heterocycles. The van der Waals surface area contributed by atoms with Crippen molar-refractivity contribution in [3.8, 4) is 0 Å². The van der Waals surface area contributed by atoms with Crippen LogP contribution in [0, 0.1) is 0 Å².